The van der Waals surface area contributed by atoms with E-state index >= 15 is 0 Å². The van der Waals surface area contributed by atoms with Gasteiger partial charge in [-0.25, -0.2) is 0 Å². The molecule has 0 radical (unpaired) electrons. The lowest BCUT2D eigenvalue weighted by molar-refractivity contribution is 0.463. The third-order valence-electron chi connectivity index (χ3n) is 4.34. The summed E-state index contributed by atoms with van der Waals surface area (Å²) in [5.74, 6) is 0.827. The molecule has 0 aliphatic heterocycles. The number of benzene rings is 2. The van der Waals surface area contributed by atoms with E-state index in [9.17, 15) is 0 Å². The molecule has 1 fully saturated rings. The van der Waals surface area contributed by atoms with Crippen LogP contribution in [0.1, 0.15) is 17.5 Å². The standard InChI is InChI=1S/C18H19Br/c19-14-17-13-18(17,11-15-7-3-1-4-8-15)12-16-9-5-2-6-10-16/h1-10,17H,11-14H2. The van der Waals surface area contributed by atoms with Crippen LogP contribution < -0.4 is 0 Å². The summed E-state index contributed by atoms with van der Waals surface area (Å²) in [7, 11) is 0. The van der Waals surface area contributed by atoms with Gasteiger partial charge in [0.25, 0.3) is 0 Å². The zero-order valence-electron chi connectivity index (χ0n) is 11.1. The van der Waals surface area contributed by atoms with Crippen molar-refractivity contribution in [3.05, 3.63) is 71.8 Å². The van der Waals surface area contributed by atoms with E-state index in [-0.39, 0.29) is 0 Å². The maximum Gasteiger partial charge on any atom is 0.00654 e. The second-order valence-corrected chi connectivity index (χ2v) is 6.39. The first-order valence-electron chi connectivity index (χ1n) is 6.96. The largest absolute Gasteiger partial charge is 0.0925 e. The van der Waals surface area contributed by atoms with Gasteiger partial charge in [0.15, 0.2) is 0 Å². The van der Waals surface area contributed by atoms with E-state index in [1.54, 1.807) is 0 Å². The first-order chi connectivity index (χ1) is 9.32. The highest BCUT2D eigenvalue weighted by atomic mass is 79.9. The fraction of sp³-hybridized carbons (Fsp3) is 0.333. The zero-order chi connectivity index (χ0) is 13.1. The van der Waals surface area contributed by atoms with Crippen molar-refractivity contribution in [2.24, 2.45) is 11.3 Å². The van der Waals surface area contributed by atoms with Crippen LogP contribution in [-0.4, -0.2) is 5.33 Å². The van der Waals surface area contributed by atoms with Crippen LogP contribution in [0.25, 0.3) is 0 Å². The predicted octanol–water partition coefficient (Wildman–Crippen LogP) is 4.87. The van der Waals surface area contributed by atoms with E-state index in [1.165, 1.54) is 30.4 Å². The Balaban J connectivity index is 1.77. The minimum absolute atomic E-state index is 0.478. The molecular formula is C18H19Br. The zero-order valence-corrected chi connectivity index (χ0v) is 12.6. The van der Waals surface area contributed by atoms with Crippen molar-refractivity contribution in [3.8, 4) is 0 Å². The molecule has 3 rings (SSSR count). The number of hydrogen-bond donors (Lipinski definition) is 0. The van der Waals surface area contributed by atoms with Crippen LogP contribution in [0.15, 0.2) is 60.7 Å². The van der Waals surface area contributed by atoms with Gasteiger partial charge in [-0.3, -0.25) is 0 Å². The van der Waals surface area contributed by atoms with Gasteiger partial charge in [0.05, 0.1) is 0 Å². The number of alkyl halides is 1. The van der Waals surface area contributed by atoms with Gasteiger partial charge < -0.3 is 0 Å². The average Bonchev–Trinajstić information content (AvgIpc) is 3.13. The topological polar surface area (TPSA) is 0 Å². The van der Waals surface area contributed by atoms with Crippen molar-refractivity contribution in [1.82, 2.24) is 0 Å². The normalized spacial score (nSPS) is 20.2. The van der Waals surface area contributed by atoms with E-state index in [0.29, 0.717) is 5.41 Å². The van der Waals surface area contributed by atoms with E-state index in [1.807, 2.05) is 0 Å². The van der Waals surface area contributed by atoms with Gasteiger partial charge >= 0.3 is 0 Å². The third-order valence-corrected chi connectivity index (χ3v) is 5.12. The molecule has 1 aliphatic rings. The Morgan fingerprint density at radius 3 is 1.68 bits per heavy atom. The minimum Gasteiger partial charge on any atom is -0.0925 e. The molecule has 0 heterocycles. The fourth-order valence-corrected chi connectivity index (χ4v) is 4.07. The first-order valence-corrected chi connectivity index (χ1v) is 8.08. The van der Waals surface area contributed by atoms with E-state index < -0.39 is 0 Å². The lowest BCUT2D eigenvalue weighted by Crippen LogP contribution is -2.13. The van der Waals surface area contributed by atoms with Crippen molar-refractivity contribution in [3.63, 3.8) is 0 Å². The Bertz CT molecular complexity index is 476. The van der Waals surface area contributed by atoms with Gasteiger partial charge in [-0.1, -0.05) is 76.6 Å². The Morgan fingerprint density at radius 2 is 1.32 bits per heavy atom. The van der Waals surface area contributed by atoms with Gasteiger partial charge in [-0.2, -0.15) is 0 Å². The summed E-state index contributed by atoms with van der Waals surface area (Å²) in [5.41, 5.74) is 3.43. The SMILES string of the molecule is BrCC1CC1(Cc1ccccc1)Cc1ccccc1. The molecule has 1 atom stereocenters. The Kier molecular flexibility index (Phi) is 3.74. The van der Waals surface area contributed by atoms with E-state index in [0.717, 1.165) is 11.2 Å². The molecule has 1 aliphatic carbocycles. The Labute approximate surface area is 124 Å². The highest BCUT2D eigenvalue weighted by Crippen LogP contribution is 2.57. The number of halogens is 1. The Morgan fingerprint density at radius 1 is 0.842 bits per heavy atom. The molecule has 1 saturated carbocycles. The highest BCUT2D eigenvalue weighted by Gasteiger charge is 2.52. The molecule has 2 aromatic carbocycles. The van der Waals surface area contributed by atoms with Crippen LogP contribution in [0.2, 0.25) is 0 Å². The molecule has 98 valence electrons. The van der Waals surface area contributed by atoms with Crippen molar-refractivity contribution in [1.29, 1.82) is 0 Å². The van der Waals surface area contributed by atoms with E-state index in [2.05, 4.69) is 76.6 Å². The number of hydrogen-bond acceptors (Lipinski definition) is 0. The second-order valence-electron chi connectivity index (χ2n) is 5.74. The molecule has 0 nitrogen and oxygen atoms in total. The molecule has 0 saturated heterocycles. The molecule has 2 aromatic rings. The summed E-state index contributed by atoms with van der Waals surface area (Å²) in [6.45, 7) is 0. The summed E-state index contributed by atoms with van der Waals surface area (Å²) in [4.78, 5) is 0. The summed E-state index contributed by atoms with van der Waals surface area (Å²) in [6.07, 6.45) is 3.76. The lowest BCUT2D eigenvalue weighted by atomic mass is 9.88. The van der Waals surface area contributed by atoms with Crippen LogP contribution >= 0.6 is 15.9 Å². The van der Waals surface area contributed by atoms with Crippen LogP contribution in [0.5, 0.6) is 0 Å². The summed E-state index contributed by atoms with van der Waals surface area (Å²) < 4.78 is 0. The molecule has 1 heteroatoms. The van der Waals surface area contributed by atoms with Gasteiger partial charge in [-0.05, 0) is 41.7 Å². The van der Waals surface area contributed by atoms with Gasteiger partial charge in [0, 0.05) is 5.33 Å². The van der Waals surface area contributed by atoms with Crippen molar-refractivity contribution >= 4 is 15.9 Å². The quantitative estimate of drug-likeness (QED) is 0.690. The molecule has 19 heavy (non-hydrogen) atoms. The van der Waals surface area contributed by atoms with Gasteiger partial charge in [0.2, 0.25) is 0 Å². The summed E-state index contributed by atoms with van der Waals surface area (Å²) in [5, 5.41) is 1.13. The maximum atomic E-state index is 3.68. The first kappa shape index (κ1) is 12.9. The molecule has 1 unspecified atom stereocenters. The minimum atomic E-state index is 0.478. The predicted molar refractivity (Wildman–Crippen MR) is 84.6 cm³/mol. The molecular weight excluding hydrogens is 296 g/mol. The Hall–Kier alpha value is -1.08. The molecule has 0 N–H and O–H groups in total. The van der Waals surface area contributed by atoms with Crippen LogP contribution in [0.4, 0.5) is 0 Å². The van der Waals surface area contributed by atoms with Gasteiger partial charge in [0.1, 0.15) is 0 Å². The van der Waals surface area contributed by atoms with E-state index in [4.69, 9.17) is 0 Å². The fourth-order valence-electron chi connectivity index (χ4n) is 3.15. The maximum absolute atomic E-state index is 3.68. The van der Waals surface area contributed by atoms with Crippen LogP contribution in [-0.2, 0) is 12.8 Å². The molecule has 0 aromatic heterocycles. The average molecular weight is 315 g/mol. The number of rotatable bonds is 5. The van der Waals surface area contributed by atoms with Gasteiger partial charge in [-0.15, -0.1) is 0 Å². The molecule has 0 bridgehead atoms. The second kappa shape index (κ2) is 5.50. The molecule has 0 amide bonds. The van der Waals surface area contributed by atoms with Crippen molar-refractivity contribution < 1.29 is 0 Å². The monoisotopic (exact) mass is 314 g/mol. The van der Waals surface area contributed by atoms with Crippen molar-refractivity contribution in [2.75, 3.05) is 5.33 Å². The molecule has 0 spiro atoms. The summed E-state index contributed by atoms with van der Waals surface area (Å²) in [6, 6.07) is 21.8. The van der Waals surface area contributed by atoms with Crippen LogP contribution in [0, 0.1) is 11.3 Å². The summed E-state index contributed by atoms with van der Waals surface area (Å²) >= 11 is 3.68. The van der Waals surface area contributed by atoms with Crippen LogP contribution in [0.3, 0.4) is 0 Å². The third kappa shape index (κ3) is 2.92. The smallest absolute Gasteiger partial charge is 0.00654 e. The highest BCUT2D eigenvalue weighted by molar-refractivity contribution is 9.09. The lowest BCUT2D eigenvalue weighted by Gasteiger charge is -2.17. The van der Waals surface area contributed by atoms with Crippen molar-refractivity contribution in [2.45, 2.75) is 19.3 Å².